The van der Waals surface area contributed by atoms with E-state index in [0.717, 1.165) is 5.56 Å². The number of aromatic nitrogens is 1. The van der Waals surface area contributed by atoms with E-state index in [4.69, 9.17) is 9.52 Å². The summed E-state index contributed by atoms with van der Waals surface area (Å²) in [4.78, 5) is 14.4. The van der Waals surface area contributed by atoms with Crippen molar-refractivity contribution in [1.29, 1.82) is 0 Å². The highest BCUT2D eigenvalue weighted by Crippen LogP contribution is 2.26. The van der Waals surface area contributed by atoms with Gasteiger partial charge in [0.1, 0.15) is 5.69 Å². The highest BCUT2D eigenvalue weighted by molar-refractivity contribution is 5.61. The van der Waals surface area contributed by atoms with Gasteiger partial charge >= 0.3 is 12.1 Å². The molecule has 1 aromatic carbocycles. The van der Waals surface area contributed by atoms with Gasteiger partial charge in [-0.15, -0.1) is 0 Å². The van der Waals surface area contributed by atoms with Crippen LogP contribution in [0.1, 0.15) is 5.69 Å². The summed E-state index contributed by atoms with van der Waals surface area (Å²) in [7, 11) is 0. The number of aryl methyl sites for hydroxylation is 1. The molecule has 0 saturated heterocycles. The Morgan fingerprint density at radius 1 is 1.38 bits per heavy atom. The predicted molar refractivity (Wildman–Crippen MR) is 55.3 cm³/mol. The molecule has 0 atom stereocenters. The molecule has 0 unspecified atom stereocenters. The molecule has 16 heavy (non-hydrogen) atoms. The molecule has 1 N–H and O–H groups in total. The zero-order valence-corrected chi connectivity index (χ0v) is 8.51. The van der Waals surface area contributed by atoms with Gasteiger partial charge in [0.05, 0.1) is 0 Å². The van der Waals surface area contributed by atoms with E-state index in [-0.39, 0.29) is 5.95 Å². The zero-order valence-electron chi connectivity index (χ0n) is 8.51. The molecule has 1 heterocycles. The number of hydrogen-bond acceptors (Lipinski definition) is 4. The van der Waals surface area contributed by atoms with Gasteiger partial charge in [0.25, 0.3) is 0 Å². The Labute approximate surface area is 91.3 Å². The molecule has 0 fully saturated rings. The molecule has 0 saturated carbocycles. The largest absolute Gasteiger partial charge is 0.513 e. The molecule has 0 bridgehead atoms. The Morgan fingerprint density at radius 2 is 2.06 bits per heavy atom. The maximum atomic E-state index is 10.4. The maximum Gasteiger partial charge on any atom is 0.513 e. The number of nitrogens with zero attached hydrogens (tertiary/aromatic N) is 1. The Balaban J connectivity index is 2.34. The second-order valence-electron chi connectivity index (χ2n) is 3.13. The van der Waals surface area contributed by atoms with Crippen molar-refractivity contribution < 1.29 is 19.1 Å². The smallest absolute Gasteiger partial charge is 0.449 e. The van der Waals surface area contributed by atoms with E-state index in [1.165, 1.54) is 0 Å². The highest BCUT2D eigenvalue weighted by Gasteiger charge is 2.14. The Bertz CT molecular complexity index is 504. The first kappa shape index (κ1) is 10.2. The summed E-state index contributed by atoms with van der Waals surface area (Å²) in [6, 6.07) is 9.18. The van der Waals surface area contributed by atoms with Crippen LogP contribution in [0.3, 0.4) is 0 Å². The summed E-state index contributed by atoms with van der Waals surface area (Å²) in [5, 5.41) is 8.46. The number of carboxylic acid groups (broad SMARTS) is 1. The van der Waals surface area contributed by atoms with E-state index in [1.807, 2.05) is 30.3 Å². The normalized spacial score (nSPS) is 10.1. The van der Waals surface area contributed by atoms with Crippen LogP contribution in [0.15, 0.2) is 34.7 Å². The third-order valence-corrected chi connectivity index (χ3v) is 1.95. The first-order valence-corrected chi connectivity index (χ1v) is 4.60. The van der Waals surface area contributed by atoms with Crippen molar-refractivity contribution in [2.24, 2.45) is 0 Å². The van der Waals surface area contributed by atoms with Gasteiger partial charge in [0.2, 0.25) is 5.89 Å². The lowest BCUT2D eigenvalue weighted by Gasteiger charge is -1.94. The predicted octanol–water partition coefficient (Wildman–Crippen LogP) is 2.71. The van der Waals surface area contributed by atoms with E-state index in [9.17, 15) is 4.79 Å². The van der Waals surface area contributed by atoms with E-state index < -0.39 is 6.16 Å². The van der Waals surface area contributed by atoms with Crippen molar-refractivity contribution >= 4 is 6.16 Å². The molecule has 0 aliphatic carbocycles. The third-order valence-electron chi connectivity index (χ3n) is 1.95. The van der Waals surface area contributed by atoms with Crippen molar-refractivity contribution in [1.82, 2.24) is 4.98 Å². The highest BCUT2D eigenvalue weighted by atomic mass is 16.7. The average molecular weight is 219 g/mol. The summed E-state index contributed by atoms with van der Waals surface area (Å²) < 4.78 is 9.63. The minimum atomic E-state index is -1.42. The van der Waals surface area contributed by atoms with Crippen molar-refractivity contribution in [3.8, 4) is 17.4 Å². The molecule has 5 nitrogen and oxygen atoms in total. The minimum absolute atomic E-state index is 0.0913. The van der Waals surface area contributed by atoms with Gasteiger partial charge in [0, 0.05) is 5.56 Å². The number of ether oxygens (including phenoxy) is 1. The first-order valence-electron chi connectivity index (χ1n) is 4.60. The maximum absolute atomic E-state index is 10.4. The third kappa shape index (κ3) is 2.03. The molecular weight excluding hydrogens is 210 g/mol. The first-order chi connectivity index (χ1) is 7.66. The van der Waals surface area contributed by atoms with Gasteiger partial charge in [-0.2, -0.15) is 0 Å². The van der Waals surface area contributed by atoms with Crippen LogP contribution in [0.5, 0.6) is 5.95 Å². The lowest BCUT2D eigenvalue weighted by Crippen LogP contribution is -2.02. The van der Waals surface area contributed by atoms with Crippen molar-refractivity contribution in [2.45, 2.75) is 6.92 Å². The molecule has 5 heteroatoms. The molecule has 1 aromatic heterocycles. The monoisotopic (exact) mass is 219 g/mol. The molecule has 82 valence electrons. The van der Waals surface area contributed by atoms with E-state index >= 15 is 0 Å². The second-order valence-corrected chi connectivity index (χ2v) is 3.13. The lowest BCUT2D eigenvalue weighted by molar-refractivity contribution is 0.133. The van der Waals surface area contributed by atoms with Crippen LogP contribution in [0.2, 0.25) is 0 Å². The standard InChI is InChI=1S/C11H9NO4/c1-7-10(16-11(13)14)15-9(12-7)8-5-3-2-4-6-8/h2-6H,1H3,(H,13,14). The summed E-state index contributed by atoms with van der Waals surface area (Å²) in [5.41, 5.74) is 1.17. The second kappa shape index (κ2) is 4.06. The number of hydrogen-bond donors (Lipinski definition) is 1. The van der Waals surface area contributed by atoms with Crippen LogP contribution >= 0.6 is 0 Å². The van der Waals surface area contributed by atoms with Crippen molar-refractivity contribution in [3.05, 3.63) is 36.0 Å². The van der Waals surface area contributed by atoms with E-state index in [1.54, 1.807) is 6.92 Å². The minimum Gasteiger partial charge on any atom is -0.449 e. The summed E-state index contributed by atoms with van der Waals surface area (Å²) in [6.07, 6.45) is -1.42. The van der Waals surface area contributed by atoms with Crippen LogP contribution < -0.4 is 4.74 Å². The molecule has 0 aliphatic heterocycles. The van der Waals surface area contributed by atoms with E-state index in [0.29, 0.717) is 11.6 Å². The Morgan fingerprint density at radius 3 is 2.69 bits per heavy atom. The average Bonchev–Trinajstić information content (AvgIpc) is 2.61. The summed E-state index contributed by atoms with van der Waals surface area (Å²) in [5.74, 6) is 0.251. The Kier molecular flexibility index (Phi) is 2.59. The number of benzene rings is 1. The summed E-state index contributed by atoms with van der Waals surface area (Å²) >= 11 is 0. The van der Waals surface area contributed by atoms with Gasteiger partial charge in [-0.05, 0) is 19.1 Å². The van der Waals surface area contributed by atoms with Crippen LogP contribution in [-0.4, -0.2) is 16.2 Å². The van der Waals surface area contributed by atoms with Gasteiger partial charge in [-0.25, -0.2) is 9.78 Å². The molecule has 0 spiro atoms. The van der Waals surface area contributed by atoms with E-state index in [2.05, 4.69) is 9.72 Å². The van der Waals surface area contributed by atoms with Crippen molar-refractivity contribution in [2.75, 3.05) is 0 Å². The SMILES string of the molecule is Cc1nc(-c2ccccc2)oc1OC(=O)O. The van der Waals surface area contributed by atoms with Crippen LogP contribution in [-0.2, 0) is 0 Å². The molecule has 0 radical (unpaired) electrons. The molecule has 2 aromatic rings. The fraction of sp³-hybridized carbons (Fsp3) is 0.0909. The zero-order chi connectivity index (χ0) is 11.5. The Hall–Kier alpha value is -2.30. The quantitative estimate of drug-likeness (QED) is 0.786. The molecule has 0 amide bonds. The number of carbonyl (C=O) groups is 1. The van der Waals surface area contributed by atoms with Gasteiger partial charge in [-0.3, -0.25) is 0 Å². The van der Waals surface area contributed by atoms with Gasteiger partial charge in [0.15, 0.2) is 0 Å². The fourth-order valence-corrected chi connectivity index (χ4v) is 1.26. The number of oxazole rings is 1. The summed E-state index contributed by atoms with van der Waals surface area (Å²) in [6.45, 7) is 1.62. The topological polar surface area (TPSA) is 72.6 Å². The molecular formula is C11H9NO4. The van der Waals surface area contributed by atoms with Crippen LogP contribution in [0, 0.1) is 6.92 Å². The van der Waals surface area contributed by atoms with Crippen LogP contribution in [0.25, 0.3) is 11.5 Å². The van der Waals surface area contributed by atoms with Gasteiger partial charge < -0.3 is 14.3 Å². The molecule has 2 rings (SSSR count). The lowest BCUT2D eigenvalue weighted by atomic mass is 10.2. The molecule has 0 aliphatic rings. The van der Waals surface area contributed by atoms with Crippen LogP contribution in [0.4, 0.5) is 4.79 Å². The fourth-order valence-electron chi connectivity index (χ4n) is 1.26. The van der Waals surface area contributed by atoms with Crippen molar-refractivity contribution in [3.63, 3.8) is 0 Å². The van der Waals surface area contributed by atoms with Gasteiger partial charge in [-0.1, -0.05) is 18.2 Å². The number of rotatable bonds is 2.